The SMILES string of the molecule is CCCCCCCCC=CCCCCCCCC(=O)OCC(NCCS(=O)(=O)O)(C(=CCCCCCCCC)CCCCCCCC(=O)OC)C(=CCCCCCCCC)CCCCCCCC(=O)OC. The van der Waals surface area contributed by atoms with Gasteiger partial charge in [-0.15, -0.1) is 0 Å². The largest absolute Gasteiger partial charge is 0.469 e. The Balaban J connectivity index is 6.65. The highest BCUT2D eigenvalue weighted by Gasteiger charge is 2.39. The van der Waals surface area contributed by atoms with Crippen molar-refractivity contribution in [2.75, 3.05) is 33.1 Å². The van der Waals surface area contributed by atoms with Crippen LogP contribution < -0.4 is 5.32 Å². The van der Waals surface area contributed by atoms with Crippen LogP contribution in [0, 0.1) is 0 Å². The first-order valence-electron chi connectivity index (χ1n) is 29.5. The van der Waals surface area contributed by atoms with Crippen molar-refractivity contribution in [1.29, 1.82) is 0 Å². The molecule has 0 heterocycles. The van der Waals surface area contributed by atoms with Gasteiger partial charge in [-0.2, -0.15) is 8.42 Å². The average molecular weight is 1020 g/mol. The van der Waals surface area contributed by atoms with Gasteiger partial charge in [-0.25, -0.2) is 0 Å². The van der Waals surface area contributed by atoms with Gasteiger partial charge in [-0.1, -0.05) is 199 Å². The van der Waals surface area contributed by atoms with E-state index < -0.39 is 21.4 Å². The number of carbonyl (C=O) groups excluding carboxylic acids is 3. The van der Waals surface area contributed by atoms with Crippen LogP contribution in [0.3, 0.4) is 0 Å². The Labute approximate surface area is 437 Å². The number of esters is 3. The summed E-state index contributed by atoms with van der Waals surface area (Å²) < 4.78 is 50.8. The highest BCUT2D eigenvalue weighted by atomic mass is 32.2. The summed E-state index contributed by atoms with van der Waals surface area (Å²) in [6.07, 6.45) is 52.4. The number of rotatable bonds is 53. The third-order valence-corrected chi connectivity index (χ3v) is 14.7. The summed E-state index contributed by atoms with van der Waals surface area (Å²) in [4.78, 5) is 37.4. The predicted octanol–water partition coefficient (Wildman–Crippen LogP) is 16.9. The van der Waals surface area contributed by atoms with E-state index >= 15 is 0 Å². The second-order valence-electron chi connectivity index (χ2n) is 20.4. The molecule has 416 valence electrons. The minimum atomic E-state index is -4.28. The fraction of sp³-hybridized carbons (Fsp3) is 0.850. The molecule has 0 saturated carbocycles. The van der Waals surface area contributed by atoms with Crippen molar-refractivity contribution >= 4 is 28.0 Å². The minimum absolute atomic E-state index is 0.00832. The molecular formula is C60H111NO9S. The summed E-state index contributed by atoms with van der Waals surface area (Å²) >= 11 is 0. The topological polar surface area (TPSA) is 145 Å². The minimum Gasteiger partial charge on any atom is -0.469 e. The molecule has 11 heteroatoms. The van der Waals surface area contributed by atoms with Crippen molar-refractivity contribution in [3.8, 4) is 0 Å². The molecule has 0 aliphatic rings. The summed E-state index contributed by atoms with van der Waals surface area (Å²) in [6, 6.07) is 0. The molecule has 0 amide bonds. The predicted molar refractivity (Wildman–Crippen MR) is 298 cm³/mol. The summed E-state index contributed by atoms with van der Waals surface area (Å²) in [5, 5.41) is 3.70. The Bertz CT molecular complexity index is 1410. The van der Waals surface area contributed by atoms with E-state index in [0.29, 0.717) is 19.3 Å². The van der Waals surface area contributed by atoms with E-state index in [1.54, 1.807) is 0 Å². The van der Waals surface area contributed by atoms with Crippen LogP contribution in [0.2, 0.25) is 0 Å². The van der Waals surface area contributed by atoms with E-state index in [4.69, 9.17) is 14.2 Å². The van der Waals surface area contributed by atoms with Gasteiger partial charge in [-0.3, -0.25) is 18.9 Å². The summed E-state index contributed by atoms with van der Waals surface area (Å²) in [6.45, 7) is 6.79. The lowest BCUT2D eigenvalue weighted by atomic mass is 9.76. The zero-order chi connectivity index (χ0) is 52.4. The fourth-order valence-electron chi connectivity index (χ4n) is 9.48. The van der Waals surface area contributed by atoms with E-state index in [9.17, 15) is 27.4 Å². The molecule has 0 aromatic heterocycles. The smallest absolute Gasteiger partial charge is 0.305 e. The van der Waals surface area contributed by atoms with Gasteiger partial charge >= 0.3 is 17.9 Å². The Morgan fingerprint density at radius 2 is 0.746 bits per heavy atom. The zero-order valence-electron chi connectivity index (χ0n) is 46.8. The number of hydrogen-bond donors (Lipinski definition) is 2. The van der Waals surface area contributed by atoms with Gasteiger partial charge in [0.2, 0.25) is 0 Å². The monoisotopic (exact) mass is 1020 g/mol. The maximum Gasteiger partial charge on any atom is 0.305 e. The molecule has 0 aliphatic heterocycles. The van der Waals surface area contributed by atoms with Crippen LogP contribution in [-0.2, 0) is 38.7 Å². The van der Waals surface area contributed by atoms with Crippen LogP contribution in [0.15, 0.2) is 35.5 Å². The number of ether oxygens (including phenoxy) is 3. The van der Waals surface area contributed by atoms with Crippen LogP contribution >= 0.6 is 0 Å². The second kappa shape index (κ2) is 49.7. The number of allylic oxidation sites excluding steroid dienone is 4. The van der Waals surface area contributed by atoms with Crippen LogP contribution in [-0.4, -0.2) is 69.5 Å². The van der Waals surface area contributed by atoms with Gasteiger partial charge in [0.25, 0.3) is 10.1 Å². The van der Waals surface area contributed by atoms with Gasteiger partial charge in [0, 0.05) is 25.8 Å². The Morgan fingerprint density at radius 1 is 0.437 bits per heavy atom. The maximum absolute atomic E-state index is 13.8. The van der Waals surface area contributed by atoms with Crippen LogP contribution in [0.1, 0.15) is 290 Å². The first kappa shape index (κ1) is 68.5. The highest BCUT2D eigenvalue weighted by molar-refractivity contribution is 7.85. The van der Waals surface area contributed by atoms with E-state index in [2.05, 4.69) is 50.4 Å². The molecule has 0 aliphatic carbocycles. The van der Waals surface area contributed by atoms with E-state index in [1.165, 1.54) is 111 Å². The van der Waals surface area contributed by atoms with Gasteiger partial charge < -0.3 is 19.5 Å². The average Bonchev–Trinajstić information content (AvgIpc) is 3.35. The van der Waals surface area contributed by atoms with Gasteiger partial charge in [-0.05, 0) is 107 Å². The van der Waals surface area contributed by atoms with E-state index in [0.717, 1.165) is 165 Å². The molecule has 71 heavy (non-hydrogen) atoms. The van der Waals surface area contributed by atoms with Crippen molar-refractivity contribution in [2.45, 2.75) is 296 Å². The second-order valence-corrected chi connectivity index (χ2v) is 21.9. The normalized spacial score (nSPS) is 13.2. The van der Waals surface area contributed by atoms with E-state index in [1.807, 2.05) is 0 Å². The zero-order valence-corrected chi connectivity index (χ0v) is 47.6. The third-order valence-electron chi connectivity index (χ3n) is 14.0. The first-order chi connectivity index (χ1) is 34.5. The summed E-state index contributed by atoms with van der Waals surface area (Å²) in [5.41, 5.74) is 1.33. The number of nitrogens with one attached hydrogen (secondary N) is 1. The molecule has 10 nitrogen and oxygen atoms in total. The molecule has 0 fully saturated rings. The van der Waals surface area contributed by atoms with Crippen molar-refractivity contribution < 1.29 is 41.6 Å². The van der Waals surface area contributed by atoms with Crippen molar-refractivity contribution in [3.05, 3.63) is 35.5 Å². The molecule has 0 atom stereocenters. The maximum atomic E-state index is 13.8. The third kappa shape index (κ3) is 42.5. The van der Waals surface area contributed by atoms with Crippen LogP contribution in [0.5, 0.6) is 0 Å². The lowest BCUT2D eigenvalue weighted by molar-refractivity contribution is -0.145. The molecule has 2 N–H and O–H groups in total. The quantitative estimate of drug-likeness (QED) is 0.0199. The Hall–Kier alpha value is -2.50. The molecule has 0 saturated heterocycles. The fourth-order valence-corrected chi connectivity index (χ4v) is 9.84. The molecule has 0 spiro atoms. The van der Waals surface area contributed by atoms with Crippen molar-refractivity contribution in [1.82, 2.24) is 5.32 Å². The molecule has 0 radical (unpaired) electrons. The van der Waals surface area contributed by atoms with Gasteiger partial charge in [0.15, 0.2) is 0 Å². The standard InChI is InChI=1S/C60H111NO9S/c1-6-9-12-15-18-19-20-21-22-23-24-25-28-35-44-51-59(64)70-54-60(61-52-53-71(65,66)67,55(45-38-31-26-16-13-10-7-2)47-40-33-29-36-42-49-57(62)68-4)56(46-39-32-27-17-14-11-8-3)48-41-34-30-37-43-50-58(63)69-5/h21-22,45-46,61H,6-20,23-44,47-54H2,1-5H3,(H,65,66,67). The Kier molecular flexibility index (Phi) is 47.9. The summed E-state index contributed by atoms with van der Waals surface area (Å²) in [5.74, 6) is -1.05. The number of methoxy groups -OCH3 is 2. The molecule has 0 aromatic carbocycles. The van der Waals surface area contributed by atoms with Gasteiger partial charge in [0.05, 0.1) is 25.5 Å². The van der Waals surface area contributed by atoms with Crippen molar-refractivity contribution in [3.63, 3.8) is 0 Å². The van der Waals surface area contributed by atoms with Crippen LogP contribution in [0.4, 0.5) is 0 Å². The summed E-state index contributed by atoms with van der Waals surface area (Å²) in [7, 11) is -1.42. The molecule has 0 rings (SSSR count). The number of unbranched alkanes of at least 4 members (excludes halogenated alkanes) is 31. The van der Waals surface area contributed by atoms with Crippen molar-refractivity contribution in [2.24, 2.45) is 0 Å². The van der Waals surface area contributed by atoms with Gasteiger partial charge in [0.1, 0.15) is 6.61 Å². The Morgan fingerprint density at radius 3 is 1.10 bits per heavy atom. The highest BCUT2D eigenvalue weighted by Crippen LogP contribution is 2.36. The lowest BCUT2D eigenvalue weighted by Crippen LogP contribution is -2.54. The lowest BCUT2D eigenvalue weighted by Gasteiger charge is -2.40. The molecule has 0 aromatic rings. The number of carbonyl (C=O) groups is 3. The molecular weight excluding hydrogens is 911 g/mol. The van der Waals surface area contributed by atoms with E-state index in [-0.39, 0.29) is 31.1 Å². The first-order valence-corrected chi connectivity index (χ1v) is 31.1. The van der Waals surface area contributed by atoms with Crippen LogP contribution in [0.25, 0.3) is 0 Å². The molecule has 0 bridgehead atoms. The number of hydrogen-bond acceptors (Lipinski definition) is 9. The molecule has 0 unspecified atom stereocenters.